The molecule has 1 N–H and O–H groups in total. The smallest absolute Gasteiger partial charge is 0.315 e. The van der Waals surface area contributed by atoms with Crippen molar-refractivity contribution < 1.29 is 9.59 Å². The third-order valence-electron chi connectivity index (χ3n) is 4.18. The second-order valence-corrected chi connectivity index (χ2v) is 6.96. The summed E-state index contributed by atoms with van der Waals surface area (Å²) in [4.78, 5) is 27.1. The molecule has 0 saturated carbocycles. The molecule has 0 aromatic heterocycles. The van der Waals surface area contributed by atoms with Crippen LogP contribution in [0.1, 0.15) is 18.1 Å². The molecule has 124 valence electrons. The summed E-state index contributed by atoms with van der Waals surface area (Å²) in [5.41, 5.74) is 0.414. The monoisotopic (exact) mass is 340 g/mol. The second-order valence-electron chi connectivity index (χ2n) is 5.57. The molecule has 0 atom stereocenters. The van der Waals surface area contributed by atoms with Gasteiger partial charge < -0.3 is 5.32 Å². The van der Waals surface area contributed by atoms with Gasteiger partial charge in [0.25, 0.3) is 5.91 Å². The number of carbonyl (C=O) groups excluding carboxylic acids is 2. The van der Waals surface area contributed by atoms with Crippen molar-refractivity contribution in [3.63, 3.8) is 0 Å². The predicted molar refractivity (Wildman–Crippen MR) is 96.9 cm³/mol. The van der Waals surface area contributed by atoms with Crippen molar-refractivity contribution >= 4 is 23.7 Å². The minimum Gasteiger partial charge on any atom is -0.315 e. The van der Waals surface area contributed by atoms with Crippen LogP contribution in [-0.4, -0.2) is 34.9 Å². The third-order valence-corrected chi connectivity index (χ3v) is 5.06. The van der Waals surface area contributed by atoms with E-state index in [1.54, 1.807) is 11.8 Å². The van der Waals surface area contributed by atoms with Crippen LogP contribution in [-0.2, 0) is 10.3 Å². The molecule has 0 radical (unpaired) electrons. The van der Waals surface area contributed by atoms with E-state index >= 15 is 0 Å². The van der Waals surface area contributed by atoms with Gasteiger partial charge in [-0.3, -0.25) is 9.69 Å². The zero-order chi connectivity index (χ0) is 17.0. The minimum atomic E-state index is -1.14. The quantitative estimate of drug-likeness (QED) is 0.649. The molecule has 1 saturated heterocycles. The average molecular weight is 340 g/mol. The van der Waals surface area contributed by atoms with Crippen LogP contribution in [0.5, 0.6) is 0 Å². The highest BCUT2D eigenvalue weighted by Crippen LogP contribution is 2.35. The highest BCUT2D eigenvalue weighted by atomic mass is 32.2. The maximum Gasteiger partial charge on any atom is 0.325 e. The Morgan fingerprint density at radius 2 is 1.50 bits per heavy atom. The highest BCUT2D eigenvalue weighted by molar-refractivity contribution is 7.99. The fraction of sp³-hybridized carbons (Fsp3) is 0.263. The summed E-state index contributed by atoms with van der Waals surface area (Å²) in [7, 11) is 0. The summed E-state index contributed by atoms with van der Waals surface area (Å²) >= 11 is 1.72. The molecule has 1 fully saturated rings. The van der Waals surface area contributed by atoms with Crippen LogP contribution in [0.2, 0.25) is 0 Å². The van der Waals surface area contributed by atoms with E-state index in [0.717, 1.165) is 22.6 Å². The van der Waals surface area contributed by atoms with Crippen LogP contribution in [0, 0.1) is 0 Å². The Bertz CT molecular complexity index is 679. The zero-order valence-electron chi connectivity index (χ0n) is 13.6. The SMILES string of the molecule is CCSCCN1C(=O)NC(c2ccccc2)(c2ccccc2)C1=O. The lowest BCUT2D eigenvalue weighted by molar-refractivity contribution is -0.130. The van der Waals surface area contributed by atoms with E-state index in [0.29, 0.717) is 6.54 Å². The molecule has 5 heteroatoms. The van der Waals surface area contributed by atoms with Gasteiger partial charge in [-0.05, 0) is 16.9 Å². The van der Waals surface area contributed by atoms with E-state index in [1.807, 2.05) is 60.7 Å². The molecule has 3 rings (SSSR count). The number of thioether (sulfide) groups is 1. The summed E-state index contributed by atoms with van der Waals surface area (Å²) in [6.07, 6.45) is 0. The molecule has 1 heterocycles. The molecule has 0 spiro atoms. The van der Waals surface area contributed by atoms with Gasteiger partial charge in [0.2, 0.25) is 0 Å². The van der Waals surface area contributed by atoms with Crippen molar-refractivity contribution in [3.05, 3.63) is 71.8 Å². The maximum absolute atomic E-state index is 13.3. The Labute approximate surface area is 146 Å². The molecular weight excluding hydrogens is 320 g/mol. The van der Waals surface area contributed by atoms with Crippen LogP contribution < -0.4 is 5.32 Å². The van der Waals surface area contributed by atoms with Gasteiger partial charge >= 0.3 is 6.03 Å². The number of nitrogens with zero attached hydrogens (tertiary/aromatic N) is 1. The number of hydrogen-bond acceptors (Lipinski definition) is 3. The van der Waals surface area contributed by atoms with Crippen molar-refractivity contribution in [2.75, 3.05) is 18.1 Å². The van der Waals surface area contributed by atoms with E-state index in [4.69, 9.17) is 0 Å². The number of carbonyl (C=O) groups is 2. The molecule has 2 aromatic rings. The minimum absolute atomic E-state index is 0.207. The van der Waals surface area contributed by atoms with E-state index in [-0.39, 0.29) is 11.9 Å². The summed E-state index contributed by atoms with van der Waals surface area (Å²) in [5.74, 6) is 1.50. The van der Waals surface area contributed by atoms with Crippen molar-refractivity contribution in [3.8, 4) is 0 Å². The van der Waals surface area contributed by atoms with Gasteiger partial charge in [-0.1, -0.05) is 67.6 Å². The average Bonchev–Trinajstić information content (AvgIpc) is 2.89. The van der Waals surface area contributed by atoms with Gasteiger partial charge in [-0.15, -0.1) is 0 Å². The molecule has 0 unspecified atom stereocenters. The fourth-order valence-electron chi connectivity index (χ4n) is 3.01. The number of imide groups is 1. The Morgan fingerprint density at radius 1 is 0.958 bits per heavy atom. The first-order chi connectivity index (χ1) is 11.7. The van der Waals surface area contributed by atoms with Crippen molar-refractivity contribution in [1.29, 1.82) is 0 Å². The van der Waals surface area contributed by atoms with Gasteiger partial charge in [0.05, 0.1) is 0 Å². The normalized spacial score (nSPS) is 16.3. The molecule has 4 nitrogen and oxygen atoms in total. The number of benzene rings is 2. The molecule has 24 heavy (non-hydrogen) atoms. The lowest BCUT2D eigenvalue weighted by Gasteiger charge is -2.28. The van der Waals surface area contributed by atoms with Crippen LogP contribution >= 0.6 is 11.8 Å². The molecule has 0 aliphatic carbocycles. The summed E-state index contributed by atoms with van der Waals surface area (Å²) < 4.78 is 0. The Kier molecular flexibility index (Phi) is 4.90. The van der Waals surface area contributed by atoms with Gasteiger partial charge in [-0.25, -0.2) is 4.79 Å². The molecular formula is C19H20N2O2S. The number of amides is 3. The lowest BCUT2D eigenvalue weighted by Crippen LogP contribution is -2.45. The number of urea groups is 1. The van der Waals surface area contributed by atoms with Crippen molar-refractivity contribution in [2.45, 2.75) is 12.5 Å². The Balaban J connectivity index is 2.04. The van der Waals surface area contributed by atoms with E-state index < -0.39 is 5.54 Å². The van der Waals surface area contributed by atoms with Crippen LogP contribution in [0.4, 0.5) is 4.79 Å². The molecule has 1 aliphatic heterocycles. The van der Waals surface area contributed by atoms with Gasteiger partial charge in [0.15, 0.2) is 5.54 Å². The fourth-order valence-corrected chi connectivity index (χ4v) is 3.61. The van der Waals surface area contributed by atoms with E-state index in [9.17, 15) is 9.59 Å². The molecule has 2 aromatic carbocycles. The van der Waals surface area contributed by atoms with Crippen LogP contribution in [0.3, 0.4) is 0 Å². The number of nitrogens with one attached hydrogen (secondary N) is 1. The lowest BCUT2D eigenvalue weighted by atomic mass is 9.82. The zero-order valence-corrected chi connectivity index (χ0v) is 14.4. The molecule has 1 aliphatic rings. The third kappa shape index (κ3) is 2.80. The highest BCUT2D eigenvalue weighted by Gasteiger charge is 2.53. The maximum atomic E-state index is 13.3. The van der Waals surface area contributed by atoms with E-state index in [2.05, 4.69) is 12.2 Å². The Morgan fingerprint density at radius 3 is 2.00 bits per heavy atom. The standard InChI is InChI=1S/C19H20N2O2S/c1-2-24-14-13-21-17(22)19(20-18(21)23,15-9-5-3-6-10-15)16-11-7-4-8-12-16/h3-12H,2,13-14H2,1H3,(H,20,23). The van der Waals surface area contributed by atoms with Crippen LogP contribution in [0.25, 0.3) is 0 Å². The van der Waals surface area contributed by atoms with Crippen LogP contribution in [0.15, 0.2) is 60.7 Å². The van der Waals surface area contributed by atoms with Crippen molar-refractivity contribution in [2.24, 2.45) is 0 Å². The predicted octanol–water partition coefficient (Wildman–Crippen LogP) is 3.24. The molecule has 3 amide bonds. The number of hydrogen-bond donors (Lipinski definition) is 1. The topological polar surface area (TPSA) is 49.4 Å². The van der Waals surface area contributed by atoms with Gasteiger partial charge in [0, 0.05) is 12.3 Å². The first kappa shape index (κ1) is 16.6. The summed E-state index contributed by atoms with van der Waals surface area (Å²) in [5, 5.41) is 2.95. The van der Waals surface area contributed by atoms with Gasteiger partial charge in [0.1, 0.15) is 0 Å². The van der Waals surface area contributed by atoms with Gasteiger partial charge in [-0.2, -0.15) is 11.8 Å². The first-order valence-corrected chi connectivity index (χ1v) is 9.18. The second kappa shape index (κ2) is 7.09. The largest absolute Gasteiger partial charge is 0.325 e. The van der Waals surface area contributed by atoms with Crippen molar-refractivity contribution in [1.82, 2.24) is 10.2 Å². The molecule has 0 bridgehead atoms. The summed E-state index contributed by atoms with van der Waals surface area (Å²) in [6, 6.07) is 18.5. The summed E-state index contributed by atoms with van der Waals surface area (Å²) in [6.45, 7) is 2.49. The first-order valence-electron chi connectivity index (χ1n) is 8.03. The number of rotatable bonds is 6. The Hall–Kier alpha value is -2.27. The van der Waals surface area contributed by atoms with E-state index in [1.165, 1.54) is 4.90 Å².